The number of aromatic nitrogens is 1. The van der Waals surface area contributed by atoms with Crippen LogP contribution in [0.5, 0.6) is 0 Å². The number of carbonyl (C=O) groups is 1. The third-order valence-corrected chi connectivity index (χ3v) is 4.09. The molecule has 4 nitrogen and oxygen atoms in total. The summed E-state index contributed by atoms with van der Waals surface area (Å²) in [5, 5.41) is 11.1. The molecule has 2 rings (SSSR count). The van der Waals surface area contributed by atoms with Gasteiger partial charge in [0, 0.05) is 11.5 Å². The first-order valence-electron chi connectivity index (χ1n) is 6.28. The Morgan fingerprint density at radius 1 is 1.47 bits per heavy atom. The van der Waals surface area contributed by atoms with Crippen molar-refractivity contribution in [3.8, 4) is 0 Å². The van der Waals surface area contributed by atoms with Crippen LogP contribution in [0, 0.1) is 0 Å². The van der Waals surface area contributed by atoms with E-state index in [1.54, 1.807) is 24.3 Å². The Morgan fingerprint density at radius 3 is 2.84 bits per heavy atom. The van der Waals surface area contributed by atoms with E-state index in [1.807, 2.05) is 12.1 Å². The van der Waals surface area contributed by atoms with Gasteiger partial charge in [0.25, 0.3) is 0 Å². The van der Waals surface area contributed by atoms with E-state index in [2.05, 4.69) is 18.8 Å². The van der Waals surface area contributed by atoms with Crippen LogP contribution in [0.2, 0.25) is 0 Å². The van der Waals surface area contributed by atoms with E-state index in [1.165, 1.54) is 0 Å². The molecule has 0 aliphatic rings. The lowest BCUT2D eigenvalue weighted by molar-refractivity contribution is -0.153. The standard InChI is InChI=1S/C14H17NO3S/c1-4-18-14(17)12(16)9-6-5-7-10-11(9)15-13(19-10)8(2)3/h5-8,12,16H,4H2,1-3H3. The number of rotatable bonds is 4. The zero-order valence-electron chi connectivity index (χ0n) is 11.2. The van der Waals surface area contributed by atoms with E-state index in [9.17, 15) is 9.90 Å². The molecule has 0 aliphatic carbocycles. The summed E-state index contributed by atoms with van der Waals surface area (Å²) in [6, 6.07) is 5.48. The van der Waals surface area contributed by atoms with E-state index < -0.39 is 12.1 Å². The quantitative estimate of drug-likeness (QED) is 0.874. The first kappa shape index (κ1) is 14.0. The van der Waals surface area contributed by atoms with Crippen LogP contribution in [0.25, 0.3) is 10.2 Å². The molecule has 5 heteroatoms. The molecule has 1 heterocycles. The van der Waals surface area contributed by atoms with Crippen LogP contribution >= 0.6 is 11.3 Å². The highest BCUT2D eigenvalue weighted by Crippen LogP contribution is 2.31. The number of thiazole rings is 1. The molecule has 1 atom stereocenters. The summed E-state index contributed by atoms with van der Waals surface area (Å²) in [4.78, 5) is 16.2. The lowest BCUT2D eigenvalue weighted by atomic mass is 10.1. The largest absolute Gasteiger partial charge is 0.464 e. The van der Waals surface area contributed by atoms with Crippen LogP contribution in [0.4, 0.5) is 0 Å². The maximum atomic E-state index is 11.6. The van der Waals surface area contributed by atoms with Crippen LogP contribution < -0.4 is 0 Å². The number of nitrogens with zero attached hydrogens (tertiary/aromatic N) is 1. The Balaban J connectivity index is 2.45. The average molecular weight is 279 g/mol. The van der Waals surface area contributed by atoms with Gasteiger partial charge in [-0.25, -0.2) is 9.78 Å². The number of hydrogen-bond donors (Lipinski definition) is 1. The highest BCUT2D eigenvalue weighted by Gasteiger charge is 2.22. The summed E-state index contributed by atoms with van der Waals surface area (Å²) in [6.45, 7) is 6.10. The number of para-hydroxylation sites is 1. The number of aliphatic hydroxyl groups excluding tert-OH is 1. The third kappa shape index (κ3) is 2.77. The Hall–Kier alpha value is -1.46. The Bertz CT molecular complexity index is 591. The van der Waals surface area contributed by atoms with Gasteiger partial charge >= 0.3 is 5.97 Å². The molecule has 0 saturated heterocycles. The molecule has 0 saturated carbocycles. The zero-order valence-corrected chi connectivity index (χ0v) is 12.0. The second kappa shape index (κ2) is 5.67. The number of esters is 1. The predicted octanol–water partition coefficient (Wildman–Crippen LogP) is 3.02. The van der Waals surface area contributed by atoms with Crippen molar-refractivity contribution in [2.24, 2.45) is 0 Å². The van der Waals surface area contributed by atoms with Gasteiger partial charge in [-0.05, 0) is 13.0 Å². The molecule has 1 unspecified atom stereocenters. The second-order valence-electron chi connectivity index (χ2n) is 4.56. The fraction of sp³-hybridized carbons (Fsp3) is 0.429. The van der Waals surface area contributed by atoms with Crippen LogP contribution in [0.15, 0.2) is 18.2 Å². The molecule has 0 spiro atoms. The molecule has 0 amide bonds. The van der Waals surface area contributed by atoms with Crippen LogP contribution in [0.1, 0.15) is 43.4 Å². The molecule has 0 radical (unpaired) electrons. The summed E-state index contributed by atoms with van der Waals surface area (Å²) in [5.41, 5.74) is 1.20. The number of ether oxygens (including phenoxy) is 1. The van der Waals surface area contributed by atoms with Gasteiger partial charge in [0.05, 0.1) is 21.8 Å². The molecule has 1 aromatic carbocycles. The lowest BCUT2D eigenvalue weighted by Crippen LogP contribution is -2.15. The molecule has 102 valence electrons. The SMILES string of the molecule is CCOC(=O)C(O)c1cccc2sc(C(C)C)nc12. The topological polar surface area (TPSA) is 59.4 Å². The van der Waals surface area contributed by atoms with E-state index in [0.717, 1.165) is 9.71 Å². The van der Waals surface area contributed by atoms with E-state index in [4.69, 9.17) is 4.74 Å². The second-order valence-corrected chi connectivity index (χ2v) is 5.62. The number of carbonyl (C=O) groups excluding carboxylic acids is 1. The Morgan fingerprint density at radius 2 is 2.21 bits per heavy atom. The van der Waals surface area contributed by atoms with Crippen molar-refractivity contribution in [3.05, 3.63) is 28.8 Å². The number of benzene rings is 1. The summed E-state index contributed by atoms with van der Waals surface area (Å²) in [6.07, 6.45) is -1.27. The highest BCUT2D eigenvalue weighted by molar-refractivity contribution is 7.18. The molecule has 19 heavy (non-hydrogen) atoms. The highest BCUT2D eigenvalue weighted by atomic mass is 32.1. The third-order valence-electron chi connectivity index (χ3n) is 2.77. The van der Waals surface area contributed by atoms with Gasteiger partial charge in [-0.2, -0.15) is 0 Å². The average Bonchev–Trinajstić information content (AvgIpc) is 2.82. The number of fused-ring (bicyclic) bond motifs is 1. The van der Waals surface area contributed by atoms with Gasteiger partial charge in [-0.3, -0.25) is 0 Å². The molecule has 0 bridgehead atoms. The van der Waals surface area contributed by atoms with Crippen LogP contribution in [-0.4, -0.2) is 22.7 Å². The molecule has 0 fully saturated rings. The van der Waals surface area contributed by atoms with Gasteiger partial charge in [0.1, 0.15) is 0 Å². The predicted molar refractivity (Wildman–Crippen MR) is 75.3 cm³/mol. The summed E-state index contributed by atoms with van der Waals surface area (Å²) in [7, 11) is 0. The lowest BCUT2D eigenvalue weighted by Gasteiger charge is -2.10. The van der Waals surface area contributed by atoms with Crippen molar-refractivity contribution < 1.29 is 14.6 Å². The maximum absolute atomic E-state index is 11.6. The van der Waals surface area contributed by atoms with E-state index in [0.29, 0.717) is 17.0 Å². The normalized spacial score (nSPS) is 12.9. The first-order chi connectivity index (χ1) is 9.04. The Labute approximate surface area is 116 Å². The fourth-order valence-electron chi connectivity index (χ4n) is 1.80. The minimum Gasteiger partial charge on any atom is -0.464 e. The van der Waals surface area contributed by atoms with Gasteiger partial charge in [-0.1, -0.05) is 26.0 Å². The minimum absolute atomic E-state index is 0.250. The summed E-state index contributed by atoms with van der Waals surface area (Å²) >= 11 is 1.59. The monoisotopic (exact) mass is 279 g/mol. The van der Waals surface area contributed by atoms with Gasteiger partial charge < -0.3 is 9.84 Å². The van der Waals surface area contributed by atoms with E-state index in [-0.39, 0.29) is 6.61 Å². The maximum Gasteiger partial charge on any atom is 0.339 e. The molecular weight excluding hydrogens is 262 g/mol. The van der Waals surface area contributed by atoms with Crippen molar-refractivity contribution >= 4 is 27.5 Å². The van der Waals surface area contributed by atoms with Gasteiger partial charge in [0.2, 0.25) is 0 Å². The van der Waals surface area contributed by atoms with Crippen molar-refractivity contribution in [2.45, 2.75) is 32.8 Å². The van der Waals surface area contributed by atoms with Crippen molar-refractivity contribution in [2.75, 3.05) is 6.61 Å². The van der Waals surface area contributed by atoms with Gasteiger partial charge in [-0.15, -0.1) is 11.3 Å². The van der Waals surface area contributed by atoms with Crippen molar-refractivity contribution in [3.63, 3.8) is 0 Å². The zero-order chi connectivity index (χ0) is 14.0. The summed E-state index contributed by atoms with van der Waals surface area (Å²) in [5.74, 6) is -0.306. The first-order valence-corrected chi connectivity index (χ1v) is 7.10. The molecule has 2 aromatic rings. The van der Waals surface area contributed by atoms with E-state index >= 15 is 0 Å². The smallest absolute Gasteiger partial charge is 0.339 e. The molecule has 0 aliphatic heterocycles. The minimum atomic E-state index is -1.27. The van der Waals surface area contributed by atoms with Crippen LogP contribution in [-0.2, 0) is 9.53 Å². The number of hydrogen-bond acceptors (Lipinski definition) is 5. The van der Waals surface area contributed by atoms with Gasteiger partial charge in [0.15, 0.2) is 6.10 Å². The molecule has 1 aromatic heterocycles. The number of aliphatic hydroxyl groups is 1. The Kier molecular flexibility index (Phi) is 4.17. The van der Waals surface area contributed by atoms with Crippen molar-refractivity contribution in [1.29, 1.82) is 0 Å². The van der Waals surface area contributed by atoms with Crippen molar-refractivity contribution in [1.82, 2.24) is 4.98 Å². The van der Waals surface area contributed by atoms with Crippen LogP contribution in [0.3, 0.4) is 0 Å². The summed E-state index contributed by atoms with van der Waals surface area (Å²) < 4.78 is 5.82. The molecular formula is C14H17NO3S. The fourth-order valence-corrected chi connectivity index (χ4v) is 2.81. The molecule has 1 N–H and O–H groups in total.